The summed E-state index contributed by atoms with van der Waals surface area (Å²) in [7, 11) is 1.67. The van der Waals surface area contributed by atoms with E-state index in [9.17, 15) is 4.79 Å². The third-order valence-corrected chi connectivity index (χ3v) is 6.05. The molecule has 4 aromatic carbocycles. The predicted molar refractivity (Wildman–Crippen MR) is 146 cm³/mol. The zero-order valence-electron chi connectivity index (χ0n) is 19.5. The highest BCUT2D eigenvalue weighted by molar-refractivity contribution is 6.09. The van der Waals surface area contributed by atoms with Gasteiger partial charge in [0.05, 0.1) is 7.11 Å². The molecule has 0 amide bonds. The number of carbonyl (C=O) groups excluding carboxylic acids is 1. The van der Waals surface area contributed by atoms with Gasteiger partial charge < -0.3 is 9.47 Å². The van der Waals surface area contributed by atoms with Gasteiger partial charge in [0.15, 0.2) is 5.78 Å². The third-order valence-electron chi connectivity index (χ3n) is 6.05. The standard InChI is InChI=1S/C30H28O3.2CH4/c1-21-5-7-22(8-6-21)29(31)23-9-15-27(16-10-23)33-28-19-13-25(14-20-28)30(2,3)24-11-17-26(32-4)18-12-24;;/h5-20H,1-4H3;2*1H4. The molecule has 35 heavy (non-hydrogen) atoms. The summed E-state index contributed by atoms with van der Waals surface area (Å²) in [5, 5.41) is 0. The maximum Gasteiger partial charge on any atom is 0.193 e. The van der Waals surface area contributed by atoms with Gasteiger partial charge in [-0.25, -0.2) is 0 Å². The predicted octanol–water partition coefficient (Wildman–Crippen LogP) is 8.63. The van der Waals surface area contributed by atoms with Gasteiger partial charge in [-0.15, -0.1) is 0 Å². The number of hydrogen-bond donors (Lipinski definition) is 0. The van der Waals surface area contributed by atoms with Crippen LogP contribution in [0.3, 0.4) is 0 Å². The molecular formula is C32H36O3. The fourth-order valence-electron chi connectivity index (χ4n) is 3.80. The topological polar surface area (TPSA) is 35.5 Å². The van der Waals surface area contributed by atoms with Crippen LogP contribution in [0.25, 0.3) is 0 Å². The summed E-state index contributed by atoms with van der Waals surface area (Å²) in [4.78, 5) is 12.7. The van der Waals surface area contributed by atoms with E-state index in [0.29, 0.717) is 16.9 Å². The Morgan fingerprint density at radius 3 is 1.40 bits per heavy atom. The summed E-state index contributed by atoms with van der Waals surface area (Å²) in [6.07, 6.45) is 0. The van der Waals surface area contributed by atoms with Crippen LogP contribution in [-0.4, -0.2) is 12.9 Å². The summed E-state index contributed by atoms with van der Waals surface area (Å²) in [5.41, 5.74) is 4.72. The molecule has 0 heterocycles. The van der Waals surface area contributed by atoms with Crippen molar-refractivity contribution in [2.75, 3.05) is 7.11 Å². The molecule has 0 radical (unpaired) electrons. The van der Waals surface area contributed by atoms with E-state index in [-0.39, 0.29) is 26.1 Å². The minimum Gasteiger partial charge on any atom is -0.497 e. The Bertz CT molecular complexity index is 1220. The van der Waals surface area contributed by atoms with Crippen molar-refractivity contribution in [2.45, 2.75) is 41.0 Å². The summed E-state index contributed by atoms with van der Waals surface area (Å²) in [6.45, 7) is 6.41. The minimum atomic E-state index is -0.150. The Morgan fingerprint density at radius 1 is 0.600 bits per heavy atom. The molecule has 3 nitrogen and oxygen atoms in total. The third kappa shape index (κ3) is 6.19. The van der Waals surface area contributed by atoms with E-state index in [1.165, 1.54) is 11.1 Å². The van der Waals surface area contributed by atoms with Crippen LogP contribution in [0.5, 0.6) is 17.2 Å². The molecule has 0 unspecified atom stereocenters. The average molecular weight is 469 g/mol. The molecule has 0 aromatic heterocycles. The summed E-state index contributed by atoms with van der Waals surface area (Å²) < 4.78 is 11.3. The maximum absolute atomic E-state index is 12.7. The molecule has 4 rings (SSSR count). The molecule has 0 saturated heterocycles. The van der Waals surface area contributed by atoms with E-state index in [1.54, 1.807) is 19.2 Å². The first-order chi connectivity index (χ1) is 15.9. The first kappa shape index (κ1) is 27.4. The lowest BCUT2D eigenvalue weighted by Crippen LogP contribution is -2.18. The van der Waals surface area contributed by atoms with Crippen molar-refractivity contribution in [1.29, 1.82) is 0 Å². The molecule has 0 aliphatic carbocycles. The van der Waals surface area contributed by atoms with Gasteiger partial charge in [0.1, 0.15) is 17.2 Å². The van der Waals surface area contributed by atoms with Crippen LogP contribution in [-0.2, 0) is 5.41 Å². The monoisotopic (exact) mass is 468 g/mol. The molecule has 0 aliphatic rings. The SMILES string of the molecule is C.C.COc1ccc(C(C)(C)c2ccc(Oc3ccc(C(=O)c4ccc(C)cc4)cc3)cc2)cc1. The number of benzene rings is 4. The maximum atomic E-state index is 12.7. The number of aryl methyl sites for hydroxylation is 1. The normalized spacial score (nSPS) is 10.5. The number of ketones is 1. The van der Waals surface area contributed by atoms with Crippen molar-refractivity contribution in [1.82, 2.24) is 0 Å². The largest absolute Gasteiger partial charge is 0.497 e. The molecular weight excluding hydrogens is 432 g/mol. The van der Waals surface area contributed by atoms with E-state index in [2.05, 4.69) is 38.1 Å². The number of carbonyl (C=O) groups is 1. The Morgan fingerprint density at radius 2 is 0.971 bits per heavy atom. The van der Waals surface area contributed by atoms with Gasteiger partial charge in [0.2, 0.25) is 0 Å². The van der Waals surface area contributed by atoms with Crippen LogP contribution in [0.15, 0.2) is 97.1 Å². The fraction of sp³-hybridized carbons (Fsp3) is 0.219. The lowest BCUT2D eigenvalue weighted by molar-refractivity contribution is 0.103. The number of ether oxygens (including phenoxy) is 2. The van der Waals surface area contributed by atoms with Gasteiger partial charge in [-0.3, -0.25) is 4.79 Å². The zero-order chi connectivity index (χ0) is 23.4. The van der Waals surface area contributed by atoms with E-state index < -0.39 is 0 Å². The Balaban J connectivity index is 0.00000216. The highest BCUT2D eigenvalue weighted by Crippen LogP contribution is 2.34. The fourth-order valence-corrected chi connectivity index (χ4v) is 3.80. The second kappa shape index (κ2) is 11.5. The van der Waals surface area contributed by atoms with Gasteiger partial charge >= 0.3 is 0 Å². The van der Waals surface area contributed by atoms with Crippen LogP contribution in [0.4, 0.5) is 0 Å². The van der Waals surface area contributed by atoms with E-state index in [1.807, 2.05) is 67.6 Å². The molecule has 182 valence electrons. The quantitative estimate of drug-likeness (QED) is 0.255. The van der Waals surface area contributed by atoms with Gasteiger partial charge in [-0.1, -0.05) is 82.8 Å². The highest BCUT2D eigenvalue weighted by Gasteiger charge is 2.23. The summed E-state index contributed by atoms with van der Waals surface area (Å²) in [6, 6.07) is 31.2. The summed E-state index contributed by atoms with van der Waals surface area (Å²) >= 11 is 0. The van der Waals surface area contributed by atoms with Crippen molar-refractivity contribution in [3.8, 4) is 17.2 Å². The van der Waals surface area contributed by atoms with Crippen molar-refractivity contribution in [2.24, 2.45) is 0 Å². The van der Waals surface area contributed by atoms with Crippen LogP contribution < -0.4 is 9.47 Å². The van der Waals surface area contributed by atoms with Crippen LogP contribution >= 0.6 is 0 Å². The van der Waals surface area contributed by atoms with Crippen molar-refractivity contribution >= 4 is 5.78 Å². The number of methoxy groups -OCH3 is 1. The molecule has 0 bridgehead atoms. The first-order valence-corrected chi connectivity index (χ1v) is 11.0. The molecule has 0 spiro atoms. The van der Waals surface area contributed by atoms with Gasteiger partial charge in [-0.05, 0) is 66.6 Å². The van der Waals surface area contributed by atoms with E-state index >= 15 is 0 Å². The molecule has 0 N–H and O–H groups in total. The molecule has 0 atom stereocenters. The smallest absolute Gasteiger partial charge is 0.193 e. The molecule has 0 aliphatic heterocycles. The minimum absolute atomic E-state index is 0. The highest BCUT2D eigenvalue weighted by atomic mass is 16.5. The molecule has 0 saturated carbocycles. The van der Waals surface area contributed by atoms with Gasteiger partial charge in [-0.2, -0.15) is 0 Å². The average Bonchev–Trinajstić information content (AvgIpc) is 2.85. The van der Waals surface area contributed by atoms with Crippen LogP contribution in [0.1, 0.15) is 61.3 Å². The van der Waals surface area contributed by atoms with Crippen molar-refractivity contribution in [3.05, 3.63) is 125 Å². The molecule has 4 aromatic rings. The van der Waals surface area contributed by atoms with Crippen LogP contribution in [0, 0.1) is 6.92 Å². The first-order valence-electron chi connectivity index (χ1n) is 11.0. The van der Waals surface area contributed by atoms with Crippen molar-refractivity contribution in [3.63, 3.8) is 0 Å². The van der Waals surface area contributed by atoms with Gasteiger partial charge in [0, 0.05) is 16.5 Å². The van der Waals surface area contributed by atoms with Crippen molar-refractivity contribution < 1.29 is 14.3 Å². The lowest BCUT2D eigenvalue weighted by atomic mass is 9.78. The Kier molecular flexibility index (Phi) is 9.02. The zero-order valence-corrected chi connectivity index (χ0v) is 19.5. The number of hydrogen-bond acceptors (Lipinski definition) is 3. The van der Waals surface area contributed by atoms with E-state index in [0.717, 1.165) is 17.1 Å². The van der Waals surface area contributed by atoms with E-state index in [4.69, 9.17) is 9.47 Å². The summed E-state index contributed by atoms with van der Waals surface area (Å²) in [5.74, 6) is 2.30. The second-order valence-corrected chi connectivity index (χ2v) is 8.70. The lowest BCUT2D eigenvalue weighted by Gasteiger charge is -2.26. The molecule has 0 fully saturated rings. The van der Waals surface area contributed by atoms with Gasteiger partial charge in [0.25, 0.3) is 0 Å². The second-order valence-electron chi connectivity index (χ2n) is 8.70. The number of rotatable bonds is 7. The Hall–Kier alpha value is -3.85. The van der Waals surface area contributed by atoms with Crippen LogP contribution in [0.2, 0.25) is 0 Å². The molecule has 3 heteroatoms. The Labute approximate surface area is 210 Å².